The molecule has 1 aromatic heterocycles. The third-order valence-electron chi connectivity index (χ3n) is 2.77. The first kappa shape index (κ1) is 15.9. The Labute approximate surface area is 126 Å². The van der Waals surface area contributed by atoms with Gasteiger partial charge in [-0.1, -0.05) is 11.8 Å². The zero-order valence-electron chi connectivity index (χ0n) is 11.9. The van der Waals surface area contributed by atoms with Crippen molar-refractivity contribution in [3.05, 3.63) is 41.7 Å². The van der Waals surface area contributed by atoms with E-state index in [2.05, 4.69) is 10.4 Å². The lowest BCUT2D eigenvalue weighted by Crippen LogP contribution is -2.18. The van der Waals surface area contributed by atoms with Crippen LogP contribution in [0.3, 0.4) is 0 Å². The van der Waals surface area contributed by atoms with Crippen LogP contribution >= 0.6 is 11.8 Å². The molecule has 4 nitrogen and oxygen atoms in total. The molecule has 21 heavy (non-hydrogen) atoms. The predicted molar refractivity (Wildman–Crippen MR) is 77.3 cm³/mol. The lowest BCUT2D eigenvalue weighted by molar-refractivity contribution is 0.199. The van der Waals surface area contributed by atoms with Gasteiger partial charge < -0.3 is 10.1 Å². The molecule has 1 heterocycles. The molecule has 0 aliphatic rings. The Morgan fingerprint density at radius 2 is 2.05 bits per heavy atom. The van der Waals surface area contributed by atoms with Crippen LogP contribution in [0.25, 0.3) is 0 Å². The van der Waals surface area contributed by atoms with Crippen molar-refractivity contribution in [1.29, 1.82) is 0 Å². The summed E-state index contributed by atoms with van der Waals surface area (Å²) in [6.45, 7) is 1.58. The third kappa shape index (κ3) is 4.52. The van der Waals surface area contributed by atoms with E-state index in [1.807, 2.05) is 0 Å². The smallest absolute Gasteiger partial charge is 0.140 e. The summed E-state index contributed by atoms with van der Waals surface area (Å²) in [6, 6.07) is 2.70. The number of halogens is 2. The number of aryl methyl sites for hydroxylation is 1. The van der Waals surface area contributed by atoms with E-state index < -0.39 is 11.6 Å². The zero-order chi connectivity index (χ0) is 15.2. The van der Waals surface area contributed by atoms with Crippen molar-refractivity contribution in [1.82, 2.24) is 15.1 Å². The van der Waals surface area contributed by atoms with Crippen molar-refractivity contribution in [2.75, 3.05) is 20.3 Å². The summed E-state index contributed by atoms with van der Waals surface area (Å²) >= 11 is 1.03. The number of nitrogens with zero attached hydrogens (tertiary/aromatic N) is 2. The molecule has 1 N–H and O–H groups in total. The lowest BCUT2D eigenvalue weighted by atomic mass is 10.2. The van der Waals surface area contributed by atoms with E-state index in [-0.39, 0.29) is 4.90 Å². The van der Waals surface area contributed by atoms with Crippen molar-refractivity contribution < 1.29 is 13.5 Å². The standard InChI is InChI=1S/C14H17F2N3OS/c1-19-9-11(8-18-19)21-14-12(15)5-10(6-13(14)16)7-17-3-4-20-2/h5-6,8-9,17H,3-4,7H2,1-2H3. The Balaban J connectivity index is 2.06. The molecule has 0 unspecified atom stereocenters. The van der Waals surface area contributed by atoms with Crippen molar-refractivity contribution in [3.63, 3.8) is 0 Å². The summed E-state index contributed by atoms with van der Waals surface area (Å²) in [4.78, 5) is 0.685. The van der Waals surface area contributed by atoms with Crippen LogP contribution in [0.4, 0.5) is 8.78 Å². The van der Waals surface area contributed by atoms with Gasteiger partial charge in [-0.2, -0.15) is 5.10 Å². The second-order valence-electron chi connectivity index (χ2n) is 4.51. The number of ether oxygens (including phenoxy) is 1. The normalized spacial score (nSPS) is 11.0. The first-order valence-corrected chi connectivity index (χ1v) is 7.26. The van der Waals surface area contributed by atoms with E-state index in [1.165, 1.54) is 12.1 Å². The van der Waals surface area contributed by atoms with Crippen LogP contribution in [0, 0.1) is 11.6 Å². The van der Waals surface area contributed by atoms with Crippen molar-refractivity contribution in [3.8, 4) is 0 Å². The quantitative estimate of drug-likeness (QED) is 0.798. The highest BCUT2D eigenvalue weighted by atomic mass is 32.2. The van der Waals surface area contributed by atoms with Gasteiger partial charge in [-0.15, -0.1) is 0 Å². The van der Waals surface area contributed by atoms with Crippen molar-refractivity contribution in [2.45, 2.75) is 16.3 Å². The van der Waals surface area contributed by atoms with Crippen LogP contribution in [-0.4, -0.2) is 30.0 Å². The Hall–Kier alpha value is -1.44. The Morgan fingerprint density at radius 1 is 1.33 bits per heavy atom. The van der Waals surface area contributed by atoms with Gasteiger partial charge in [-0.3, -0.25) is 4.68 Å². The molecule has 0 radical (unpaired) electrons. The molecular weight excluding hydrogens is 296 g/mol. The number of benzene rings is 1. The number of hydrogen-bond acceptors (Lipinski definition) is 4. The SMILES string of the molecule is COCCNCc1cc(F)c(Sc2cnn(C)c2)c(F)c1. The van der Waals surface area contributed by atoms with Crippen molar-refractivity contribution in [2.24, 2.45) is 7.05 Å². The third-order valence-corrected chi connectivity index (χ3v) is 3.81. The average molecular weight is 313 g/mol. The fourth-order valence-electron chi connectivity index (χ4n) is 1.79. The highest BCUT2D eigenvalue weighted by Gasteiger charge is 2.13. The second kappa shape index (κ2) is 7.53. The molecule has 7 heteroatoms. The summed E-state index contributed by atoms with van der Waals surface area (Å²) in [6.07, 6.45) is 3.29. The van der Waals surface area contributed by atoms with Gasteiger partial charge in [0, 0.05) is 33.4 Å². The molecule has 0 saturated carbocycles. The molecule has 114 valence electrons. The summed E-state index contributed by atoms with van der Waals surface area (Å²) in [5.41, 5.74) is 0.566. The number of rotatable bonds is 7. The Kier molecular flexibility index (Phi) is 5.72. The number of nitrogens with one attached hydrogen (secondary N) is 1. The maximum Gasteiger partial charge on any atom is 0.140 e. The molecular formula is C14H17F2N3OS. The van der Waals surface area contributed by atoms with Gasteiger partial charge in [0.05, 0.1) is 22.6 Å². The zero-order valence-corrected chi connectivity index (χ0v) is 12.7. The molecule has 0 atom stereocenters. The number of methoxy groups -OCH3 is 1. The number of aromatic nitrogens is 2. The van der Waals surface area contributed by atoms with Gasteiger partial charge in [0.15, 0.2) is 0 Å². The van der Waals surface area contributed by atoms with E-state index in [9.17, 15) is 8.78 Å². The van der Waals surface area contributed by atoms with Gasteiger partial charge in [0.2, 0.25) is 0 Å². The van der Waals surface area contributed by atoms with E-state index in [0.29, 0.717) is 30.2 Å². The fourth-order valence-corrected chi connectivity index (χ4v) is 2.64. The summed E-state index contributed by atoms with van der Waals surface area (Å²) < 4.78 is 34.6. The summed E-state index contributed by atoms with van der Waals surface area (Å²) in [5, 5.41) is 7.03. The minimum Gasteiger partial charge on any atom is -0.383 e. The lowest BCUT2D eigenvalue weighted by Gasteiger charge is -2.08. The van der Waals surface area contributed by atoms with Crippen LogP contribution < -0.4 is 5.32 Å². The summed E-state index contributed by atoms with van der Waals surface area (Å²) in [7, 11) is 3.36. The molecule has 1 aromatic carbocycles. The van der Waals surface area contributed by atoms with Crippen LogP contribution in [-0.2, 0) is 18.3 Å². The molecule has 0 saturated heterocycles. The van der Waals surface area contributed by atoms with E-state index >= 15 is 0 Å². The van der Waals surface area contributed by atoms with Crippen LogP contribution in [0.5, 0.6) is 0 Å². The minimum absolute atomic E-state index is 0.0105. The van der Waals surface area contributed by atoms with Crippen LogP contribution in [0.1, 0.15) is 5.56 Å². The monoisotopic (exact) mass is 313 g/mol. The number of hydrogen-bond donors (Lipinski definition) is 1. The maximum absolute atomic E-state index is 14.0. The van der Waals surface area contributed by atoms with Gasteiger partial charge in [-0.05, 0) is 17.7 Å². The van der Waals surface area contributed by atoms with Gasteiger partial charge >= 0.3 is 0 Å². The van der Waals surface area contributed by atoms with Crippen LogP contribution in [0.15, 0.2) is 34.3 Å². The minimum atomic E-state index is -0.563. The molecule has 0 amide bonds. The largest absolute Gasteiger partial charge is 0.383 e. The van der Waals surface area contributed by atoms with E-state index in [4.69, 9.17) is 4.74 Å². The molecule has 0 aliphatic heterocycles. The molecule has 0 spiro atoms. The van der Waals surface area contributed by atoms with Gasteiger partial charge in [0.1, 0.15) is 11.6 Å². The van der Waals surface area contributed by atoms with E-state index in [1.54, 1.807) is 31.2 Å². The topological polar surface area (TPSA) is 39.1 Å². The molecule has 0 aliphatic carbocycles. The molecule has 0 fully saturated rings. The van der Waals surface area contributed by atoms with E-state index in [0.717, 1.165) is 11.8 Å². The molecule has 2 aromatic rings. The highest BCUT2D eigenvalue weighted by Crippen LogP contribution is 2.32. The first-order valence-electron chi connectivity index (χ1n) is 6.44. The first-order chi connectivity index (χ1) is 10.1. The molecule has 0 bridgehead atoms. The average Bonchev–Trinajstić information content (AvgIpc) is 2.85. The maximum atomic E-state index is 14.0. The second-order valence-corrected chi connectivity index (χ2v) is 5.59. The molecule has 2 rings (SSSR count). The van der Waals surface area contributed by atoms with Gasteiger partial charge in [-0.25, -0.2) is 8.78 Å². The Morgan fingerprint density at radius 3 is 2.62 bits per heavy atom. The van der Waals surface area contributed by atoms with Crippen molar-refractivity contribution >= 4 is 11.8 Å². The van der Waals surface area contributed by atoms with Crippen LogP contribution in [0.2, 0.25) is 0 Å². The highest BCUT2D eigenvalue weighted by molar-refractivity contribution is 7.99. The summed E-state index contributed by atoms with van der Waals surface area (Å²) in [5.74, 6) is -1.13. The fraction of sp³-hybridized carbons (Fsp3) is 0.357. The Bertz CT molecular complexity index is 581. The van der Waals surface area contributed by atoms with Gasteiger partial charge in [0.25, 0.3) is 0 Å². The predicted octanol–water partition coefficient (Wildman–Crippen LogP) is 2.59.